The molecule has 0 aliphatic rings. The van der Waals surface area contributed by atoms with E-state index in [1.54, 1.807) is 36.5 Å². The van der Waals surface area contributed by atoms with E-state index in [1.807, 2.05) is 17.5 Å². The van der Waals surface area contributed by atoms with E-state index in [2.05, 4.69) is 20.7 Å². The maximum absolute atomic E-state index is 12.1. The van der Waals surface area contributed by atoms with E-state index in [0.717, 1.165) is 10.6 Å². The average Bonchev–Trinajstić information content (AvgIpc) is 3.30. The lowest BCUT2D eigenvalue weighted by Gasteiger charge is -2.01. The van der Waals surface area contributed by atoms with Gasteiger partial charge in [0.15, 0.2) is 5.69 Å². The molecule has 0 unspecified atom stereocenters. The van der Waals surface area contributed by atoms with Crippen LogP contribution in [0.4, 0.5) is 5.69 Å². The quantitative estimate of drug-likeness (QED) is 0.415. The summed E-state index contributed by atoms with van der Waals surface area (Å²) in [6.07, 6.45) is 0. The van der Waals surface area contributed by atoms with Gasteiger partial charge in [-0.2, -0.15) is 10.2 Å². The zero-order valence-corrected chi connectivity index (χ0v) is 13.9. The first-order valence-electron chi connectivity index (χ1n) is 7.23. The summed E-state index contributed by atoms with van der Waals surface area (Å²) in [5, 5.41) is 23.4. The Morgan fingerprint density at radius 3 is 2.72 bits per heavy atom. The molecule has 1 amide bonds. The van der Waals surface area contributed by atoms with E-state index in [1.165, 1.54) is 12.1 Å². The molecule has 2 heterocycles. The number of nitro groups is 1. The van der Waals surface area contributed by atoms with E-state index in [9.17, 15) is 14.9 Å². The topological polar surface area (TPSA) is 113 Å². The number of aromatic nitrogens is 2. The van der Waals surface area contributed by atoms with Crippen LogP contribution in [0.5, 0.6) is 0 Å². The second-order valence-corrected chi connectivity index (χ2v) is 6.03. The Kier molecular flexibility index (Phi) is 4.66. The number of aromatic amines is 1. The molecular formula is C16H13N5O3S. The number of benzene rings is 1. The Morgan fingerprint density at radius 2 is 2.08 bits per heavy atom. The van der Waals surface area contributed by atoms with Gasteiger partial charge in [-0.3, -0.25) is 20.0 Å². The number of hydrogen-bond donors (Lipinski definition) is 2. The number of hydrogen-bond acceptors (Lipinski definition) is 6. The number of rotatable bonds is 5. The number of nitrogens with one attached hydrogen (secondary N) is 2. The summed E-state index contributed by atoms with van der Waals surface area (Å²) >= 11 is 1.54. The van der Waals surface area contributed by atoms with Crippen LogP contribution in [-0.2, 0) is 0 Å². The highest BCUT2D eigenvalue weighted by molar-refractivity contribution is 7.13. The van der Waals surface area contributed by atoms with Gasteiger partial charge in [0.2, 0.25) is 0 Å². The molecule has 0 atom stereocenters. The van der Waals surface area contributed by atoms with E-state index >= 15 is 0 Å². The van der Waals surface area contributed by atoms with Crippen molar-refractivity contribution in [3.05, 3.63) is 69.2 Å². The standard InChI is InChI=1S/C16H13N5O3S/c1-10(11-4-6-12(7-5-11)21(23)24)17-20-16(22)14-9-13(18-19-14)15-3-2-8-25-15/h2-9H,1H3,(H,18,19)(H,20,22). The zero-order chi connectivity index (χ0) is 17.8. The zero-order valence-electron chi connectivity index (χ0n) is 13.1. The first kappa shape index (κ1) is 16.5. The molecule has 0 saturated heterocycles. The number of thiophene rings is 1. The van der Waals surface area contributed by atoms with Crippen molar-refractivity contribution in [2.45, 2.75) is 6.92 Å². The summed E-state index contributed by atoms with van der Waals surface area (Å²) in [5.41, 5.74) is 4.61. The molecule has 3 aromatic rings. The van der Waals surface area contributed by atoms with Crippen LogP contribution < -0.4 is 5.43 Å². The molecule has 0 aliphatic carbocycles. The second kappa shape index (κ2) is 7.05. The van der Waals surface area contributed by atoms with Crippen LogP contribution in [0.2, 0.25) is 0 Å². The van der Waals surface area contributed by atoms with Crippen LogP contribution >= 0.6 is 11.3 Å². The van der Waals surface area contributed by atoms with Gasteiger partial charge in [-0.25, -0.2) is 5.43 Å². The van der Waals surface area contributed by atoms with Crippen molar-refractivity contribution in [1.82, 2.24) is 15.6 Å². The van der Waals surface area contributed by atoms with Crippen LogP contribution in [0.3, 0.4) is 0 Å². The lowest BCUT2D eigenvalue weighted by Crippen LogP contribution is -2.19. The van der Waals surface area contributed by atoms with E-state index in [-0.39, 0.29) is 11.4 Å². The fourth-order valence-electron chi connectivity index (χ4n) is 2.08. The van der Waals surface area contributed by atoms with Crippen molar-refractivity contribution in [1.29, 1.82) is 0 Å². The van der Waals surface area contributed by atoms with Crippen LogP contribution in [-0.4, -0.2) is 26.7 Å². The number of nitro benzene ring substituents is 1. The average molecular weight is 355 g/mol. The Hall–Kier alpha value is -3.33. The molecule has 0 radical (unpaired) electrons. The molecule has 2 N–H and O–H groups in total. The molecule has 1 aromatic carbocycles. The number of non-ortho nitro benzene ring substituents is 1. The summed E-state index contributed by atoms with van der Waals surface area (Å²) in [6.45, 7) is 1.70. The van der Waals surface area contributed by atoms with Crippen molar-refractivity contribution in [3.8, 4) is 10.6 Å². The lowest BCUT2D eigenvalue weighted by atomic mass is 10.1. The number of hydrazone groups is 1. The van der Waals surface area contributed by atoms with Crippen LogP contribution in [0.25, 0.3) is 10.6 Å². The van der Waals surface area contributed by atoms with Gasteiger partial charge < -0.3 is 0 Å². The highest BCUT2D eigenvalue weighted by Gasteiger charge is 2.12. The molecule has 0 fully saturated rings. The van der Waals surface area contributed by atoms with Gasteiger partial charge in [-0.05, 0) is 42.1 Å². The molecule has 9 heteroatoms. The Bertz CT molecular complexity index is 929. The third-order valence-corrected chi connectivity index (χ3v) is 4.32. The first-order chi connectivity index (χ1) is 12.0. The third kappa shape index (κ3) is 3.78. The van der Waals surface area contributed by atoms with Crippen LogP contribution in [0.15, 0.2) is 52.9 Å². The van der Waals surface area contributed by atoms with Crippen LogP contribution in [0.1, 0.15) is 23.0 Å². The predicted molar refractivity (Wildman–Crippen MR) is 94.7 cm³/mol. The maximum atomic E-state index is 12.1. The van der Waals surface area contributed by atoms with E-state index in [4.69, 9.17) is 0 Å². The number of carbonyl (C=O) groups is 1. The molecule has 0 saturated carbocycles. The van der Waals surface area contributed by atoms with Gasteiger partial charge in [0.25, 0.3) is 11.6 Å². The Labute approximate surface area is 146 Å². The molecule has 0 spiro atoms. The van der Waals surface area contributed by atoms with Crippen molar-refractivity contribution >= 4 is 28.6 Å². The summed E-state index contributed by atoms with van der Waals surface area (Å²) in [4.78, 5) is 23.3. The van der Waals surface area contributed by atoms with Crippen molar-refractivity contribution in [3.63, 3.8) is 0 Å². The largest absolute Gasteiger partial charge is 0.291 e. The van der Waals surface area contributed by atoms with Gasteiger partial charge in [0.05, 0.1) is 21.2 Å². The number of carbonyl (C=O) groups excluding carboxylic acids is 1. The number of amides is 1. The molecule has 0 aliphatic heterocycles. The second-order valence-electron chi connectivity index (χ2n) is 5.09. The van der Waals surface area contributed by atoms with E-state index < -0.39 is 10.8 Å². The summed E-state index contributed by atoms with van der Waals surface area (Å²) in [7, 11) is 0. The molecule has 8 nitrogen and oxygen atoms in total. The molecule has 0 bridgehead atoms. The molecule has 3 rings (SSSR count). The van der Waals surface area contributed by atoms with Gasteiger partial charge in [-0.1, -0.05) is 6.07 Å². The minimum Gasteiger partial charge on any atom is -0.276 e. The Morgan fingerprint density at radius 1 is 1.32 bits per heavy atom. The fourth-order valence-corrected chi connectivity index (χ4v) is 2.77. The molecule has 2 aromatic heterocycles. The molecule has 25 heavy (non-hydrogen) atoms. The maximum Gasteiger partial charge on any atom is 0.291 e. The van der Waals surface area contributed by atoms with E-state index in [0.29, 0.717) is 11.3 Å². The van der Waals surface area contributed by atoms with Gasteiger partial charge in [-0.15, -0.1) is 11.3 Å². The highest BCUT2D eigenvalue weighted by Crippen LogP contribution is 2.22. The number of H-pyrrole nitrogens is 1. The Balaban J connectivity index is 1.68. The fraction of sp³-hybridized carbons (Fsp3) is 0.0625. The predicted octanol–water partition coefficient (Wildman–Crippen LogP) is 3.20. The van der Waals surface area contributed by atoms with Gasteiger partial charge >= 0.3 is 0 Å². The SMILES string of the molecule is CC(=NNC(=O)c1cc(-c2cccs2)[nH]n1)c1ccc([N+](=O)[O-])cc1. The minimum atomic E-state index is -0.471. The summed E-state index contributed by atoms with van der Waals surface area (Å²) in [6, 6.07) is 11.4. The van der Waals surface area contributed by atoms with Crippen molar-refractivity contribution in [2.24, 2.45) is 5.10 Å². The van der Waals surface area contributed by atoms with Crippen LogP contribution in [0, 0.1) is 10.1 Å². The van der Waals surface area contributed by atoms with Crippen molar-refractivity contribution in [2.75, 3.05) is 0 Å². The normalized spacial score (nSPS) is 11.3. The van der Waals surface area contributed by atoms with Gasteiger partial charge in [0, 0.05) is 12.1 Å². The summed E-state index contributed by atoms with van der Waals surface area (Å²) < 4.78 is 0. The number of nitrogens with zero attached hydrogens (tertiary/aromatic N) is 3. The lowest BCUT2D eigenvalue weighted by molar-refractivity contribution is -0.384. The first-order valence-corrected chi connectivity index (χ1v) is 8.11. The smallest absolute Gasteiger partial charge is 0.276 e. The highest BCUT2D eigenvalue weighted by atomic mass is 32.1. The monoisotopic (exact) mass is 355 g/mol. The summed E-state index contributed by atoms with van der Waals surface area (Å²) in [5.74, 6) is -0.444. The molecular weight excluding hydrogens is 342 g/mol. The van der Waals surface area contributed by atoms with Crippen molar-refractivity contribution < 1.29 is 9.72 Å². The molecule has 126 valence electrons. The van der Waals surface area contributed by atoms with Gasteiger partial charge in [0.1, 0.15) is 0 Å². The third-order valence-electron chi connectivity index (χ3n) is 3.42. The minimum absolute atomic E-state index is 0.00165.